The topological polar surface area (TPSA) is 21.3 Å². The van der Waals surface area contributed by atoms with Crippen LogP contribution >= 0.6 is 11.3 Å². The third-order valence-corrected chi connectivity index (χ3v) is 3.23. The highest BCUT2D eigenvalue weighted by Crippen LogP contribution is 2.29. The van der Waals surface area contributed by atoms with E-state index >= 15 is 0 Å². The van der Waals surface area contributed by atoms with Crippen LogP contribution in [0.25, 0.3) is 0 Å². The third kappa shape index (κ3) is 3.58. The fraction of sp³-hybridized carbons (Fsp3) is 0.500. The van der Waals surface area contributed by atoms with Gasteiger partial charge in [-0.1, -0.05) is 6.92 Å². The molecular formula is C12H17NOS. The SMILES string of the molecule is C#CCCC(NCC)c1cc(OC)cs1. The Morgan fingerprint density at radius 2 is 2.47 bits per heavy atom. The van der Waals surface area contributed by atoms with Crippen molar-refractivity contribution in [2.75, 3.05) is 13.7 Å². The van der Waals surface area contributed by atoms with Crippen LogP contribution in [0, 0.1) is 12.3 Å². The highest BCUT2D eigenvalue weighted by molar-refractivity contribution is 7.10. The van der Waals surface area contributed by atoms with Gasteiger partial charge in [0.25, 0.3) is 0 Å². The summed E-state index contributed by atoms with van der Waals surface area (Å²) in [7, 11) is 1.69. The predicted molar refractivity (Wildman–Crippen MR) is 65.4 cm³/mol. The van der Waals surface area contributed by atoms with Crippen LogP contribution in [-0.2, 0) is 0 Å². The normalized spacial score (nSPS) is 12.1. The summed E-state index contributed by atoms with van der Waals surface area (Å²) < 4.78 is 5.17. The lowest BCUT2D eigenvalue weighted by Gasteiger charge is -2.14. The number of nitrogens with one attached hydrogen (secondary N) is 1. The van der Waals surface area contributed by atoms with Gasteiger partial charge in [0.05, 0.1) is 7.11 Å². The van der Waals surface area contributed by atoms with E-state index in [9.17, 15) is 0 Å². The molecule has 2 nitrogen and oxygen atoms in total. The van der Waals surface area contributed by atoms with E-state index < -0.39 is 0 Å². The highest BCUT2D eigenvalue weighted by Gasteiger charge is 2.12. The van der Waals surface area contributed by atoms with Gasteiger partial charge in [-0.15, -0.1) is 23.7 Å². The number of methoxy groups -OCH3 is 1. The van der Waals surface area contributed by atoms with Crippen molar-refractivity contribution in [2.24, 2.45) is 0 Å². The van der Waals surface area contributed by atoms with Crippen LogP contribution in [0.15, 0.2) is 11.4 Å². The molecule has 0 fully saturated rings. The lowest BCUT2D eigenvalue weighted by Crippen LogP contribution is -2.19. The Morgan fingerprint density at radius 3 is 3.00 bits per heavy atom. The Labute approximate surface area is 95.7 Å². The van der Waals surface area contributed by atoms with Gasteiger partial charge in [0, 0.05) is 22.7 Å². The van der Waals surface area contributed by atoms with Crippen LogP contribution in [0.5, 0.6) is 5.75 Å². The Bertz CT molecular complexity index is 327. The molecule has 0 saturated carbocycles. The number of hydrogen-bond acceptors (Lipinski definition) is 3. The summed E-state index contributed by atoms with van der Waals surface area (Å²) >= 11 is 1.72. The summed E-state index contributed by atoms with van der Waals surface area (Å²) in [6.45, 7) is 3.06. The lowest BCUT2D eigenvalue weighted by molar-refractivity contribution is 0.415. The number of hydrogen-bond donors (Lipinski definition) is 1. The molecule has 15 heavy (non-hydrogen) atoms. The maximum Gasteiger partial charge on any atom is 0.129 e. The van der Waals surface area contributed by atoms with Crippen molar-refractivity contribution in [1.82, 2.24) is 5.32 Å². The summed E-state index contributed by atoms with van der Waals surface area (Å²) in [6, 6.07) is 2.44. The van der Waals surface area contributed by atoms with Gasteiger partial charge in [0.1, 0.15) is 5.75 Å². The van der Waals surface area contributed by atoms with Gasteiger partial charge >= 0.3 is 0 Å². The van der Waals surface area contributed by atoms with E-state index in [1.165, 1.54) is 4.88 Å². The minimum atomic E-state index is 0.361. The first-order valence-corrected chi connectivity index (χ1v) is 5.99. The lowest BCUT2D eigenvalue weighted by atomic mass is 10.1. The summed E-state index contributed by atoms with van der Waals surface area (Å²) in [4.78, 5) is 1.30. The molecule has 1 aromatic rings. The second kappa shape index (κ2) is 6.49. The summed E-state index contributed by atoms with van der Waals surface area (Å²) in [6.07, 6.45) is 7.07. The fourth-order valence-electron chi connectivity index (χ4n) is 1.44. The Balaban J connectivity index is 2.65. The molecule has 0 bridgehead atoms. The van der Waals surface area contributed by atoms with Crippen molar-refractivity contribution in [2.45, 2.75) is 25.8 Å². The van der Waals surface area contributed by atoms with Gasteiger partial charge in [-0.2, -0.15) is 0 Å². The minimum absolute atomic E-state index is 0.361. The van der Waals surface area contributed by atoms with Crippen LogP contribution in [-0.4, -0.2) is 13.7 Å². The van der Waals surface area contributed by atoms with Crippen molar-refractivity contribution in [3.05, 3.63) is 16.3 Å². The molecule has 0 aromatic carbocycles. The van der Waals surface area contributed by atoms with Gasteiger partial charge in [0.2, 0.25) is 0 Å². The number of terminal acetylenes is 1. The van der Waals surface area contributed by atoms with E-state index in [2.05, 4.69) is 24.2 Å². The van der Waals surface area contributed by atoms with Crippen molar-refractivity contribution in [3.8, 4) is 18.1 Å². The van der Waals surface area contributed by atoms with Crippen molar-refractivity contribution in [1.29, 1.82) is 0 Å². The first kappa shape index (κ1) is 12.1. The minimum Gasteiger partial charge on any atom is -0.496 e. The third-order valence-electron chi connectivity index (χ3n) is 2.20. The molecule has 1 atom stereocenters. The van der Waals surface area contributed by atoms with Crippen molar-refractivity contribution in [3.63, 3.8) is 0 Å². The van der Waals surface area contributed by atoms with E-state index in [-0.39, 0.29) is 0 Å². The molecule has 1 N–H and O–H groups in total. The van der Waals surface area contributed by atoms with Crippen LogP contribution in [0.1, 0.15) is 30.7 Å². The molecule has 0 saturated heterocycles. The Kier molecular flexibility index (Phi) is 5.23. The van der Waals surface area contributed by atoms with Crippen LogP contribution < -0.4 is 10.1 Å². The number of rotatable bonds is 6. The summed E-state index contributed by atoms with van der Waals surface area (Å²) in [5, 5.41) is 5.45. The first-order valence-electron chi connectivity index (χ1n) is 5.11. The largest absolute Gasteiger partial charge is 0.496 e. The monoisotopic (exact) mass is 223 g/mol. The average molecular weight is 223 g/mol. The fourth-order valence-corrected chi connectivity index (χ4v) is 2.41. The van der Waals surface area contributed by atoms with Crippen LogP contribution in [0.2, 0.25) is 0 Å². The molecule has 3 heteroatoms. The predicted octanol–water partition coefficient (Wildman–Crippen LogP) is 2.82. The molecule has 0 aliphatic rings. The molecular weight excluding hydrogens is 206 g/mol. The first-order chi connectivity index (χ1) is 7.31. The average Bonchev–Trinajstić information content (AvgIpc) is 2.72. The smallest absolute Gasteiger partial charge is 0.129 e. The summed E-state index contributed by atoms with van der Waals surface area (Å²) in [5.74, 6) is 3.61. The Hall–Kier alpha value is -0.980. The van der Waals surface area contributed by atoms with Crippen molar-refractivity contribution < 1.29 is 4.74 Å². The molecule has 1 heterocycles. The van der Waals surface area contributed by atoms with E-state index in [4.69, 9.17) is 11.2 Å². The van der Waals surface area contributed by atoms with E-state index in [0.29, 0.717) is 6.04 Å². The second-order valence-corrected chi connectivity index (χ2v) is 4.18. The molecule has 0 spiro atoms. The Morgan fingerprint density at radius 1 is 1.67 bits per heavy atom. The number of ether oxygens (including phenoxy) is 1. The molecule has 1 rings (SSSR count). The highest BCUT2D eigenvalue weighted by atomic mass is 32.1. The second-order valence-electron chi connectivity index (χ2n) is 3.24. The van der Waals surface area contributed by atoms with E-state index in [0.717, 1.165) is 25.1 Å². The molecule has 1 unspecified atom stereocenters. The van der Waals surface area contributed by atoms with Crippen LogP contribution in [0.3, 0.4) is 0 Å². The molecule has 0 amide bonds. The zero-order valence-electron chi connectivity index (χ0n) is 9.25. The van der Waals surface area contributed by atoms with Gasteiger partial charge in [-0.05, 0) is 19.0 Å². The quantitative estimate of drug-likeness (QED) is 0.749. The van der Waals surface area contributed by atoms with Crippen LogP contribution in [0.4, 0.5) is 0 Å². The van der Waals surface area contributed by atoms with Crippen molar-refractivity contribution >= 4 is 11.3 Å². The summed E-state index contributed by atoms with van der Waals surface area (Å²) in [5.41, 5.74) is 0. The molecule has 1 aromatic heterocycles. The molecule has 0 aliphatic carbocycles. The molecule has 0 aliphatic heterocycles. The molecule has 82 valence electrons. The zero-order chi connectivity index (χ0) is 11.1. The van der Waals surface area contributed by atoms with Gasteiger partial charge < -0.3 is 10.1 Å². The van der Waals surface area contributed by atoms with Gasteiger partial charge in [0.15, 0.2) is 0 Å². The van der Waals surface area contributed by atoms with E-state index in [1.54, 1.807) is 18.4 Å². The van der Waals surface area contributed by atoms with Gasteiger partial charge in [-0.25, -0.2) is 0 Å². The number of thiophene rings is 1. The molecule has 0 radical (unpaired) electrons. The van der Waals surface area contributed by atoms with E-state index in [1.807, 2.05) is 5.38 Å². The maximum absolute atomic E-state index is 5.28. The zero-order valence-corrected chi connectivity index (χ0v) is 10.1. The van der Waals surface area contributed by atoms with Gasteiger partial charge in [-0.3, -0.25) is 0 Å². The maximum atomic E-state index is 5.28. The standard InChI is InChI=1S/C12H17NOS/c1-4-6-7-11(13-5-2)12-8-10(14-3)9-15-12/h1,8-9,11,13H,5-7H2,2-3H3.